The fraction of sp³-hybridized carbons (Fsp3) is 0.278. The van der Waals surface area contributed by atoms with E-state index in [1.807, 2.05) is 0 Å². The molecule has 0 atom stereocenters. The third-order valence-electron chi connectivity index (χ3n) is 3.77. The van der Waals surface area contributed by atoms with Gasteiger partial charge in [-0.2, -0.15) is 0 Å². The second-order valence-electron chi connectivity index (χ2n) is 5.74. The molecule has 0 radical (unpaired) electrons. The highest BCUT2D eigenvalue weighted by Gasteiger charge is 2.16. The van der Waals surface area contributed by atoms with Gasteiger partial charge < -0.3 is 10.0 Å². The summed E-state index contributed by atoms with van der Waals surface area (Å²) in [6.07, 6.45) is 0.469. The first-order valence-electron chi connectivity index (χ1n) is 7.96. The van der Waals surface area contributed by atoms with E-state index in [1.54, 1.807) is 35.2 Å². The van der Waals surface area contributed by atoms with Crippen LogP contribution in [0.3, 0.4) is 0 Å². The molecule has 0 unspecified atom stereocenters. The topological polar surface area (TPSA) is 83.7 Å². The lowest BCUT2D eigenvalue weighted by atomic mass is 10.1. The number of aliphatic hydroxyl groups is 1. The first-order valence-corrected chi connectivity index (χ1v) is 8.72. The van der Waals surface area contributed by atoms with Crippen molar-refractivity contribution in [2.24, 2.45) is 0 Å². The van der Waals surface area contributed by atoms with Crippen LogP contribution >= 0.6 is 23.2 Å². The van der Waals surface area contributed by atoms with Gasteiger partial charge in [0.05, 0.1) is 21.4 Å². The molecule has 2 rings (SSSR count). The normalized spacial score (nSPS) is 10.6. The van der Waals surface area contributed by atoms with Crippen molar-refractivity contribution in [2.75, 3.05) is 13.2 Å². The van der Waals surface area contributed by atoms with Gasteiger partial charge in [-0.1, -0.05) is 41.4 Å². The number of halogens is 2. The monoisotopic (exact) mass is 396 g/mol. The van der Waals surface area contributed by atoms with Crippen LogP contribution in [-0.2, 0) is 17.8 Å². The Bertz CT molecular complexity index is 799. The van der Waals surface area contributed by atoms with Gasteiger partial charge in [-0.3, -0.25) is 14.9 Å². The Morgan fingerprint density at radius 2 is 1.88 bits per heavy atom. The molecule has 1 N–H and O–H groups in total. The predicted molar refractivity (Wildman–Crippen MR) is 100 cm³/mol. The van der Waals surface area contributed by atoms with Crippen LogP contribution in [-0.4, -0.2) is 34.0 Å². The second kappa shape index (κ2) is 9.52. The third-order valence-corrected chi connectivity index (χ3v) is 4.51. The van der Waals surface area contributed by atoms with Gasteiger partial charge in [0, 0.05) is 31.8 Å². The quantitative estimate of drug-likeness (QED) is 0.542. The fourth-order valence-electron chi connectivity index (χ4n) is 2.48. The van der Waals surface area contributed by atoms with E-state index in [0.29, 0.717) is 35.1 Å². The maximum Gasteiger partial charge on any atom is 0.269 e. The Balaban J connectivity index is 2.14. The summed E-state index contributed by atoms with van der Waals surface area (Å²) in [6.45, 7) is 0.636. The molecule has 2 aromatic carbocycles. The number of hydrogen-bond acceptors (Lipinski definition) is 4. The fourth-order valence-corrected chi connectivity index (χ4v) is 2.80. The summed E-state index contributed by atoms with van der Waals surface area (Å²) in [4.78, 5) is 24.6. The molecule has 0 fully saturated rings. The summed E-state index contributed by atoms with van der Waals surface area (Å²) in [5, 5.41) is 20.8. The van der Waals surface area contributed by atoms with Crippen LogP contribution in [0.15, 0.2) is 42.5 Å². The minimum absolute atomic E-state index is 0.0361. The van der Waals surface area contributed by atoms with Crippen molar-refractivity contribution in [3.8, 4) is 0 Å². The van der Waals surface area contributed by atoms with E-state index in [-0.39, 0.29) is 24.6 Å². The minimum atomic E-state index is -0.493. The molecular weight excluding hydrogens is 379 g/mol. The Hall–Kier alpha value is -2.15. The van der Waals surface area contributed by atoms with E-state index in [9.17, 15) is 14.9 Å². The van der Waals surface area contributed by atoms with Crippen molar-refractivity contribution in [2.45, 2.75) is 19.4 Å². The van der Waals surface area contributed by atoms with Crippen molar-refractivity contribution >= 4 is 34.8 Å². The minimum Gasteiger partial charge on any atom is -0.396 e. The summed E-state index contributed by atoms with van der Waals surface area (Å²) in [7, 11) is 0. The molecule has 0 aromatic heterocycles. The van der Waals surface area contributed by atoms with E-state index in [0.717, 1.165) is 5.56 Å². The molecule has 0 saturated heterocycles. The molecule has 8 heteroatoms. The average molecular weight is 397 g/mol. The van der Waals surface area contributed by atoms with Gasteiger partial charge in [0.15, 0.2) is 0 Å². The highest BCUT2D eigenvalue weighted by molar-refractivity contribution is 6.42. The van der Waals surface area contributed by atoms with E-state index in [4.69, 9.17) is 28.3 Å². The third kappa shape index (κ3) is 5.69. The predicted octanol–water partition coefficient (Wildman–Crippen LogP) is 3.86. The number of carbonyl (C=O) groups is 1. The molecule has 6 nitrogen and oxygen atoms in total. The Morgan fingerprint density at radius 3 is 2.54 bits per heavy atom. The maximum absolute atomic E-state index is 12.7. The summed E-state index contributed by atoms with van der Waals surface area (Å²) in [5.41, 5.74) is 1.32. The zero-order chi connectivity index (χ0) is 19.1. The number of benzene rings is 2. The number of carbonyl (C=O) groups excluding carboxylic acids is 1. The number of rotatable bonds is 8. The summed E-state index contributed by atoms with van der Waals surface area (Å²) < 4.78 is 0. The molecule has 0 saturated carbocycles. The van der Waals surface area contributed by atoms with Crippen LogP contribution in [0.25, 0.3) is 0 Å². The zero-order valence-corrected chi connectivity index (χ0v) is 15.4. The molecule has 0 aliphatic carbocycles. The molecule has 0 heterocycles. The van der Waals surface area contributed by atoms with Crippen LogP contribution in [0.2, 0.25) is 10.0 Å². The maximum atomic E-state index is 12.7. The van der Waals surface area contributed by atoms with Crippen molar-refractivity contribution in [3.63, 3.8) is 0 Å². The zero-order valence-electron chi connectivity index (χ0n) is 13.9. The number of non-ortho nitro benzene ring substituents is 1. The van der Waals surface area contributed by atoms with Gasteiger partial charge in [-0.05, 0) is 29.7 Å². The molecular formula is C18H18Cl2N2O4. The second-order valence-corrected chi connectivity index (χ2v) is 6.56. The Labute approximate surface area is 161 Å². The van der Waals surface area contributed by atoms with Gasteiger partial charge in [0.1, 0.15) is 0 Å². The largest absolute Gasteiger partial charge is 0.396 e. The molecule has 0 bridgehead atoms. The van der Waals surface area contributed by atoms with Crippen molar-refractivity contribution < 1.29 is 14.8 Å². The standard InChI is InChI=1S/C18H18Cl2N2O4/c19-16-6-5-14(10-17(16)20)12-21(7-2-8-23)18(24)11-13-3-1-4-15(9-13)22(25)26/h1,3-6,9-10,23H,2,7-8,11-12H2. The number of hydrogen-bond donors (Lipinski definition) is 1. The summed E-state index contributed by atoms with van der Waals surface area (Å²) in [6, 6.07) is 11.1. The van der Waals surface area contributed by atoms with Gasteiger partial charge in [-0.25, -0.2) is 0 Å². The number of nitrogens with zero attached hydrogens (tertiary/aromatic N) is 2. The molecule has 138 valence electrons. The van der Waals surface area contributed by atoms with E-state index < -0.39 is 4.92 Å². The lowest BCUT2D eigenvalue weighted by Crippen LogP contribution is -2.33. The lowest BCUT2D eigenvalue weighted by Gasteiger charge is -2.23. The Kier molecular flexibility index (Phi) is 7.38. The molecule has 0 aliphatic rings. The van der Waals surface area contributed by atoms with E-state index in [1.165, 1.54) is 12.1 Å². The van der Waals surface area contributed by atoms with Crippen LogP contribution in [0.1, 0.15) is 17.5 Å². The number of nitro benzene ring substituents is 1. The van der Waals surface area contributed by atoms with Crippen LogP contribution in [0, 0.1) is 10.1 Å². The van der Waals surface area contributed by atoms with Crippen LogP contribution in [0.4, 0.5) is 5.69 Å². The smallest absolute Gasteiger partial charge is 0.269 e. The first kappa shape index (κ1) is 20.2. The summed E-state index contributed by atoms with van der Waals surface area (Å²) >= 11 is 11.9. The number of amides is 1. The summed E-state index contributed by atoms with van der Waals surface area (Å²) in [5.74, 6) is -0.190. The highest BCUT2D eigenvalue weighted by Crippen LogP contribution is 2.23. The van der Waals surface area contributed by atoms with Crippen molar-refractivity contribution in [3.05, 3.63) is 73.8 Å². The van der Waals surface area contributed by atoms with E-state index in [2.05, 4.69) is 0 Å². The molecule has 26 heavy (non-hydrogen) atoms. The van der Waals surface area contributed by atoms with Gasteiger partial charge in [0.25, 0.3) is 5.69 Å². The first-order chi connectivity index (χ1) is 12.4. The lowest BCUT2D eigenvalue weighted by molar-refractivity contribution is -0.384. The van der Waals surface area contributed by atoms with Crippen LogP contribution in [0.5, 0.6) is 0 Å². The van der Waals surface area contributed by atoms with E-state index >= 15 is 0 Å². The SMILES string of the molecule is O=C(Cc1cccc([N+](=O)[O-])c1)N(CCCO)Cc1ccc(Cl)c(Cl)c1. The highest BCUT2D eigenvalue weighted by atomic mass is 35.5. The number of nitro groups is 1. The van der Waals surface area contributed by atoms with Gasteiger partial charge >= 0.3 is 0 Å². The molecule has 1 amide bonds. The van der Waals surface area contributed by atoms with Crippen LogP contribution < -0.4 is 0 Å². The van der Waals surface area contributed by atoms with Crippen molar-refractivity contribution in [1.29, 1.82) is 0 Å². The Morgan fingerprint density at radius 1 is 1.12 bits per heavy atom. The average Bonchev–Trinajstić information content (AvgIpc) is 2.61. The van der Waals surface area contributed by atoms with Gasteiger partial charge in [-0.15, -0.1) is 0 Å². The van der Waals surface area contributed by atoms with Gasteiger partial charge in [0.2, 0.25) is 5.91 Å². The molecule has 0 aliphatic heterocycles. The number of aliphatic hydroxyl groups excluding tert-OH is 1. The molecule has 0 spiro atoms. The van der Waals surface area contributed by atoms with Crippen molar-refractivity contribution in [1.82, 2.24) is 4.90 Å². The molecule has 2 aromatic rings.